The van der Waals surface area contributed by atoms with Gasteiger partial charge in [-0.05, 0) is 40.5 Å². The van der Waals surface area contributed by atoms with Gasteiger partial charge in [0.2, 0.25) is 0 Å². The second kappa shape index (κ2) is 2.51. The van der Waals surface area contributed by atoms with Crippen molar-refractivity contribution in [3.8, 4) is 0 Å². The maximum atomic E-state index is 2.54. The van der Waals surface area contributed by atoms with Crippen LogP contribution < -0.4 is 0 Å². The van der Waals surface area contributed by atoms with Crippen molar-refractivity contribution in [3.63, 3.8) is 0 Å². The van der Waals surface area contributed by atoms with Crippen molar-refractivity contribution in [2.45, 2.75) is 25.7 Å². The smallest absolute Gasteiger partial charge is 0.0155 e. The first-order valence-electron chi connectivity index (χ1n) is 6.22. The molecule has 1 aromatic rings. The molecule has 0 aliphatic heterocycles. The molecular formula is C16H16. The summed E-state index contributed by atoms with van der Waals surface area (Å²) in [7, 11) is 0. The van der Waals surface area contributed by atoms with E-state index < -0.39 is 0 Å². The lowest BCUT2D eigenvalue weighted by atomic mass is 9.80. The fraction of sp³-hybridized carbons (Fsp3) is 0.375. The second-order valence-corrected chi connectivity index (χ2v) is 5.89. The van der Waals surface area contributed by atoms with Gasteiger partial charge in [-0.15, -0.1) is 0 Å². The van der Waals surface area contributed by atoms with Crippen LogP contribution in [0.25, 0.3) is 5.57 Å². The van der Waals surface area contributed by atoms with E-state index in [0.717, 1.165) is 11.8 Å². The van der Waals surface area contributed by atoms with Crippen molar-refractivity contribution in [2.24, 2.45) is 11.8 Å². The molecule has 3 aliphatic rings. The molecule has 3 aliphatic carbocycles. The van der Waals surface area contributed by atoms with Crippen LogP contribution in [0.5, 0.6) is 0 Å². The van der Waals surface area contributed by atoms with Crippen molar-refractivity contribution in [1.82, 2.24) is 0 Å². The molecule has 2 unspecified atom stereocenters. The fourth-order valence-electron chi connectivity index (χ4n) is 3.41. The lowest BCUT2D eigenvalue weighted by Gasteiger charge is -2.23. The highest BCUT2D eigenvalue weighted by atomic mass is 14.5. The van der Waals surface area contributed by atoms with E-state index in [9.17, 15) is 0 Å². The summed E-state index contributed by atoms with van der Waals surface area (Å²) in [5.74, 6) is 1.70. The summed E-state index contributed by atoms with van der Waals surface area (Å²) in [5, 5.41) is 0. The molecule has 1 aromatic carbocycles. The van der Waals surface area contributed by atoms with Crippen LogP contribution in [0.3, 0.4) is 0 Å². The summed E-state index contributed by atoms with van der Waals surface area (Å²) in [4.78, 5) is 0. The molecule has 0 nitrogen and oxygen atoms in total. The van der Waals surface area contributed by atoms with E-state index in [2.05, 4.69) is 50.3 Å². The summed E-state index contributed by atoms with van der Waals surface area (Å²) in [5.41, 5.74) is 6.31. The second-order valence-electron chi connectivity index (χ2n) is 5.89. The van der Waals surface area contributed by atoms with E-state index in [1.54, 1.807) is 5.57 Å². The van der Waals surface area contributed by atoms with Crippen molar-refractivity contribution in [2.75, 3.05) is 0 Å². The van der Waals surface area contributed by atoms with Crippen LogP contribution >= 0.6 is 0 Å². The van der Waals surface area contributed by atoms with Gasteiger partial charge in [0.05, 0.1) is 0 Å². The molecule has 80 valence electrons. The highest BCUT2D eigenvalue weighted by Crippen LogP contribution is 2.57. The number of rotatable bonds is 0. The van der Waals surface area contributed by atoms with E-state index in [1.165, 1.54) is 23.1 Å². The molecule has 0 bridgehead atoms. The van der Waals surface area contributed by atoms with Crippen LogP contribution in [0.15, 0.2) is 42.0 Å². The standard InChI is InChI=1S/C16H16/c1-16(2)14-6-4-3-5-12(14)13-8-10-7-11(10)9-15(13)16/h3-6,8-11H,7H2,1-2H3. The molecule has 0 spiro atoms. The number of hydrogen-bond acceptors (Lipinski definition) is 0. The third kappa shape index (κ3) is 0.910. The van der Waals surface area contributed by atoms with E-state index in [-0.39, 0.29) is 5.41 Å². The molecule has 0 saturated heterocycles. The van der Waals surface area contributed by atoms with Crippen molar-refractivity contribution >= 4 is 5.57 Å². The first-order chi connectivity index (χ1) is 7.68. The Kier molecular flexibility index (Phi) is 1.38. The van der Waals surface area contributed by atoms with Crippen molar-refractivity contribution in [1.29, 1.82) is 0 Å². The Labute approximate surface area is 96.7 Å². The SMILES string of the molecule is CC1(C)C2=CC3CC3C=C2c2ccccc21. The monoisotopic (exact) mass is 208 g/mol. The van der Waals surface area contributed by atoms with E-state index in [4.69, 9.17) is 0 Å². The minimum atomic E-state index is 0.218. The highest BCUT2D eigenvalue weighted by molar-refractivity contribution is 5.90. The topological polar surface area (TPSA) is 0 Å². The Morgan fingerprint density at radius 1 is 1.06 bits per heavy atom. The van der Waals surface area contributed by atoms with E-state index >= 15 is 0 Å². The van der Waals surface area contributed by atoms with Crippen LogP contribution in [0, 0.1) is 11.8 Å². The largest absolute Gasteiger partial charge is 0.0761 e. The summed E-state index contributed by atoms with van der Waals surface area (Å²) >= 11 is 0. The first kappa shape index (κ1) is 8.81. The minimum Gasteiger partial charge on any atom is -0.0761 e. The summed E-state index contributed by atoms with van der Waals surface area (Å²) in [6, 6.07) is 8.91. The van der Waals surface area contributed by atoms with Gasteiger partial charge in [-0.3, -0.25) is 0 Å². The summed E-state index contributed by atoms with van der Waals surface area (Å²) < 4.78 is 0. The zero-order valence-electron chi connectivity index (χ0n) is 9.83. The van der Waals surface area contributed by atoms with Gasteiger partial charge in [0, 0.05) is 5.41 Å². The lowest BCUT2D eigenvalue weighted by Crippen LogP contribution is -2.16. The summed E-state index contributed by atoms with van der Waals surface area (Å²) in [6.07, 6.45) is 6.44. The molecule has 0 aromatic heterocycles. The van der Waals surface area contributed by atoms with Crippen LogP contribution in [-0.4, -0.2) is 0 Å². The van der Waals surface area contributed by atoms with Crippen LogP contribution in [-0.2, 0) is 5.41 Å². The molecule has 2 atom stereocenters. The average molecular weight is 208 g/mol. The molecule has 0 radical (unpaired) electrons. The molecule has 0 N–H and O–H groups in total. The Balaban J connectivity index is 2.04. The molecule has 1 fully saturated rings. The maximum absolute atomic E-state index is 2.54. The number of hydrogen-bond donors (Lipinski definition) is 0. The first-order valence-corrected chi connectivity index (χ1v) is 6.22. The van der Waals surface area contributed by atoms with Gasteiger partial charge in [0.15, 0.2) is 0 Å². The Hall–Kier alpha value is -1.30. The Bertz CT molecular complexity index is 543. The quantitative estimate of drug-likeness (QED) is 0.606. The van der Waals surface area contributed by atoms with Gasteiger partial charge in [0.1, 0.15) is 0 Å². The van der Waals surface area contributed by atoms with Gasteiger partial charge in [-0.25, -0.2) is 0 Å². The lowest BCUT2D eigenvalue weighted by molar-refractivity contribution is 0.652. The Morgan fingerprint density at radius 3 is 2.69 bits per heavy atom. The predicted octanol–water partition coefficient (Wildman–Crippen LogP) is 3.94. The highest BCUT2D eigenvalue weighted by Gasteiger charge is 2.45. The zero-order chi connectivity index (χ0) is 10.9. The van der Waals surface area contributed by atoms with E-state index in [0.29, 0.717) is 0 Å². The van der Waals surface area contributed by atoms with Crippen molar-refractivity contribution < 1.29 is 0 Å². The van der Waals surface area contributed by atoms with Crippen LogP contribution in [0.4, 0.5) is 0 Å². The fourth-order valence-corrected chi connectivity index (χ4v) is 3.41. The van der Waals surface area contributed by atoms with Crippen LogP contribution in [0.1, 0.15) is 31.4 Å². The number of benzene rings is 1. The van der Waals surface area contributed by atoms with Crippen molar-refractivity contribution in [3.05, 3.63) is 53.1 Å². The summed E-state index contributed by atoms with van der Waals surface area (Å²) in [6.45, 7) is 4.72. The van der Waals surface area contributed by atoms with Crippen LogP contribution in [0.2, 0.25) is 0 Å². The predicted molar refractivity (Wildman–Crippen MR) is 67.1 cm³/mol. The van der Waals surface area contributed by atoms with Gasteiger partial charge in [-0.1, -0.05) is 50.3 Å². The Morgan fingerprint density at radius 2 is 1.81 bits per heavy atom. The van der Waals surface area contributed by atoms with Gasteiger partial charge in [-0.2, -0.15) is 0 Å². The molecule has 0 heteroatoms. The maximum Gasteiger partial charge on any atom is 0.0155 e. The zero-order valence-corrected chi connectivity index (χ0v) is 9.83. The van der Waals surface area contributed by atoms with E-state index in [1.807, 2.05) is 0 Å². The molecule has 0 heterocycles. The van der Waals surface area contributed by atoms with Gasteiger partial charge >= 0.3 is 0 Å². The third-order valence-corrected chi connectivity index (χ3v) is 4.51. The molecular weight excluding hydrogens is 192 g/mol. The number of fused-ring (bicyclic) bond motifs is 4. The van der Waals surface area contributed by atoms with Gasteiger partial charge in [0.25, 0.3) is 0 Å². The third-order valence-electron chi connectivity index (χ3n) is 4.51. The normalized spacial score (nSPS) is 32.1. The molecule has 16 heavy (non-hydrogen) atoms. The average Bonchev–Trinajstić information content (AvgIpc) is 3.01. The molecule has 4 rings (SSSR count). The number of allylic oxidation sites excluding steroid dienone is 4. The van der Waals surface area contributed by atoms with Gasteiger partial charge < -0.3 is 0 Å². The minimum absolute atomic E-state index is 0.218. The molecule has 1 saturated carbocycles. The molecule has 0 amide bonds.